The zero-order valence-electron chi connectivity index (χ0n) is 20.4. The fourth-order valence-electron chi connectivity index (χ4n) is 4.84. The van der Waals surface area contributed by atoms with E-state index in [2.05, 4.69) is 44.9 Å². The van der Waals surface area contributed by atoms with Crippen molar-refractivity contribution in [3.8, 4) is 11.9 Å². The average Bonchev–Trinajstić information content (AvgIpc) is 2.87. The van der Waals surface area contributed by atoms with Crippen LogP contribution in [0.3, 0.4) is 0 Å². The third-order valence-electron chi connectivity index (χ3n) is 6.98. The molecule has 4 rings (SSSR count). The molecule has 0 aliphatic carbocycles. The standard InChI is InChI=1S/C28H35N5O/c1-3-23(24-10-11-25(20-29)22(2)19-24)7-6-12-32-13-15-33(16-14-32)17-18-34-28-26-8-4-5-9-27(26)30-21-31-28/h4-5,8-11,19,21,23H,3,6-7,12-18H2,1-2H3. The second kappa shape index (κ2) is 11.9. The highest BCUT2D eigenvalue weighted by atomic mass is 16.5. The summed E-state index contributed by atoms with van der Waals surface area (Å²) < 4.78 is 5.99. The minimum atomic E-state index is 0.572. The number of para-hydroxylation sites is 1. The Morgan fingerprint density at radius 1 is 1.03 bits per heavy atom. The largest absolute Gasteiger partial charge is 0.476 e. The van der Waals surface area contributed by atoms with Crippen molar-refractivity contribution >= 4 is 10.9 Å². The quantitative estimate of drug-likeness (QED) is 0.437. The minimum Gasteiger partial charge on any atom is -0.476 e. The number of aryl methyl sites for hydroxylation is 1. The third kappa shape index (κ3) is 6.11. The van der Waals surface area contributed by atoms with Crippen molar-refractivity contribution in [2.24, 2.45) is 0 Å². The van der Waals surface area contributed by atoms with E-state index in [0.717, 1.165) is 67.7 Å². The van der Waals surface area contributed by atoms with Crippen LogP contribution in [-0.2, 0) is 0 Å². The van der Waals surface area contributed by atoms with E-state index in [1.807, 2.05) is 37.3 Å². The van der Waals surface area contributed by atoms with E-state index in [-0.39, 0.29) is 0 Å². The van der Waals surface area contributed by atoms with E-state index in [9.17, 15) is 5.26 Å². The molecular weight excluding hydrogens is 422 g/mol. The first-order valence-electron chi connectivity index (χ1n) is 12.5. The number of hydrogen-bond donors (Lipinski definition) is 0. The molecule has 34 heavy (non-hydrogen) atoms. The molecule has 2 heterocycles. The SMILES string of the molecule is CCC(CCCN1CCN(CCOc2ncnc3ccccc23)CC1)c1ccc(C#N)c(C)c1. The van der Waals surface area contributed by atoms with Gasteiger partial charge >= 0.3 is 0 Å². The molecule has 1 saturated heterocycles. The molecule has 1 fully saturated rings. The lowest BCUT2D eigenvalue weighted by molar-refractivity contribution is 0.114. The molecule has 0 bridgehead atoms. The van der Waals surface area contributed by atoms with Crippen molar-refractivity contribution in [1.82, 2.24) is 19.8 Å². The van der Waals surface area contributed by atoms with Crippen LogP contribution in [0.25, 0.3) is 10.9 Å². The van der Waals surface area contributed by atoms with Crippen molar-refractivity contribution in [3.63, 3.8) is 0 Å². The van der Waals surface area contributed by atoms with Crippen LogP contribution in [0.1, 0.15) is 48.8 Å². The average molecular weight is 458 g/mol. The van der Waals surface area contributed by atoms with Crippen molar-refractivity contribution in [2.75, 3.05) is 45.9 Å². The van der Waals surface area contributed by atoms with Gasteiger partial charge < -0.3 is 9.64 Å². The zero-order chi connectivity index (χ0) is 23.8. The maximum Gasteiger partial charge on any atom is 0.224 e. The number of aromatic nitrogens is 2. The normalized spacial score (nSPS) is 15.8. The molecule has 1 aliphatic rings. The van der Waals surface area contributed by atoms with Gasteiger partial charge in [-0.15, -0.1) is 0 Å². The number of hydrogen-bond acceptors (Lipinski definition) is 6. The lowest BCUT2D eigenvalue weighted by Crippen LogP contribution is -2.47. The number of benzene rings is 2. The Bertz CT molecular complexity index is 1110. The number of nitrogens with zero attached hydrogens (tertiary/aromatic N) is 5. The van der Waals surface area contributed by atoms with Crippen molar-refractivity contribution in [3.05, 3.63) is 65.5 Å². The van der Waals surface area contributed by atoms with E-state index >= 15 is 0 Å². The molecule has 0 amide bonds. The molecule has 6 nitrogen and oxygen atoms in total. The molecule has 3 aromatic rings. The fraction of sp³-hybridized carbons (Fsp3) is 0.464. The lowest BCUT2D eigenvalue weighted by atomic mass is 9.90. The van der Waals surface area contributed by atoms with Gasteiger partial charge in [0.05, 0.1) is 22.5 Å². The molecule has 0 N–H and O–H groups in total. The number of nitriles is 1. The molecule has 1 atom stereocenters. The Hall–Kier alpha value is -3.01. The maximum absolute atomic E-state index is 9.18. The molecule has 1 aromatic heterocycles. The topological polar surface area (TPSA) is 65.3 Å². The Morgan fingerprint density at radius 2 is 1.79 bits per heavy atom. The lowest BCUT2D eigenvalue weighted by Gasteiger charge is -2.34. The van der Waals surface area contributed by atoms with E-state index in [4.69, 9.17) is 4.74 Å². The number of fused-ring (bicyclic) bond motifs is 1. The van der Waals surface area contributed by atoms with Crippen molar-refractivity contribution < 1.29 is 4.74 Å². The molecule has 0 spiro atoms. The second-order valence-electron chi connectivity index (χ2n) is 9.16. The first kappa shape index (κ1) is 24.1. The number of rotatable bonds is 10. The summed E-state index contributed by atoms with van der Waals surface area (Å²) in [6.45, 7) is 11.4. The van der Waals surface area contributed by atoms with Crippen LogP contribution in [-0.4, -0.2) is 65.6 Å². The second-order valence-corrected chi connectivity index (χ2v) is 9.16. The van der Waals surface area contributed by atoms with Gasteiger partial charge in [-0.25, -0.2) is 9.97 Å². The first-order valence-corrected chi connectivity index (χ1v) is 12.5. The Kier molecular flexibility index (Phi) is 8.46. The highest BCUT2D eigenvalue weighted by Crippen LogP contribution is 2.27. The van der Waals surface area contributed by atoms with Gasteiger partial charge in [-0.2, -0.15) is 5.26 Å². The Balaban J connectivity index is 1.16. The van der Waals surface area contributed by atoms with Crippen LogP contribution >= 0.6 is 0 Å². The molecule has 0 saturated carbocycles. The van der Waals surface area contributed by atoms with E-state index in [0.29, 0.717) is 18.4 Å². The summed E-state index contributed by atoms with van der Waals surface area (Å²) in [6.07, 6.45) is 5.12. The molecule has 178 valence electrons. The van der Waals surface area contributed by atoms with Gasteiger partial charge in [0, 0.05) is 32.7 Å². The summed E-state index contributed by atoms with van der Waals surface area (Å²) in [5.74, 6) is 1.25. The highest BCUT2D eigenvalue weighted by molar-refractivity contribution is 5.82. The maximum atomic E-state index is 9.18. The Morgan fingerprint density at radius 3 is 2.53 bits per heavy atom. The van der Waals surface area contributed by atoms with Crippen LogP contribution < -0.4 is 4.74 Å². The first-order chi connectivity index (χ1) is 16.7. The van der Waals surface area contributed by atoms with Gasteiger partial charge in [0.25, 0.3) is 0 Å². The minimum absolute atomic E-state index is 0.572. The van der Waals surface area contributed by atoms with Crippen LogP contribution in [0, 0.1) is 18.3 Å². The number of ether oxygens (including phenoxy) is 1. The Labute approximate surface area is 203 Å². The van der Waals surface area contributed by atoms with Gasteiger partial charge in [-0.3, -0.25) is 4.90 Å². The van der Waals surface area contributed by atoms with E-state index in [1.54, 1.807) is 6.33 Å². The molecule has 2 aromatic carbocycles. The predicted octanol–water partition coefficient (Wildman–Crippen LogP) is 4.78. The molecule has 0 radical (unpaired) electrons. The summed E-state index contributed by atoms with van der Waals surface area (Å²) in [7, 11) is 0. The molecule has 6 heteroatoms. The molecule has 1 aliphatic heterocycles. The summed E-state index contributed by atoms with van der Waals surface area (Å²) in [6, 6.07) is 16.6. The summed E-state index contributed by atoms with van der Waals surface area (Å²) >= 11 is 0. The fourth-order valence-corrected chi connectivity index (χ4v) is 4.84. The highest BCUT2D eigenvalue weighted by Gasteiger charge is 2.18. The molecular formula is C28H35N5O. The smallest absolute Gasteiger partial charge is 0.224 e. The van der Waals surface area contributed by atoms with Gasteiger partial charge in [-0.1, -0.05) is 31.2 Å². The summed E-state index contributed by atoms with van der Waals surface area (Å²) in [5.41, 5.74) is 4.17. The summed E-state index contributed by atoms with van der Waals surface area (Å²) in [4.78, 5) is 13.7. The van der Waals surface area contributed by atoms with Gasteiger partial charge in [0.15, 0.2) is 0 Å². The van der Waals surface area contributed by atoms with Gasteiger partial charge in [-0.05, 0) is 68.0 Å². The van der Waals surface area contributed by atoms with E-state index < -0.39 is 0 Å². The number of piperazine rings is 1. The predicted molar refractivity (Wildman–Crippen MR) is 136 cm³/mol. The molecule has 1 unspecified atom stereocenters. The van der Waals surface area contributed by atoms with Crippen LogP contribution in [0.5, 0.6) is 5.88 Å². The van der Waals surface area contributed by atoms with E-state index in [1.165, 1.54) is 18.4 Å². The van der Waals surface area contributed by atoms with Crippen LogP contribution in [0.15, 0.2) is 48.8 Å². The van der Waals surface area contributed by atoms with Gasteiger partial charge in [0.2, 0.25) is 5.88 Å². The zero-order valence-corrected chi connectivity index (χ0v) is 20.4. The summed E-state index contributed by atoms with van der Waals surface area (Å²) in [5, 5.41) is 10.1. The van der Waals surface area contributed by atoms with Crippen molar-refractivity contribution in [1.29, 1.82) is 5.26 Å². The van der Waals surface area contributed by atoms with Crippen LogP contribution in [0.4, 0.5) is 0 Å². The van der Waals surface area contributed by atoms with Crippen LogP contribution in [0.2, 0.25) is 0 Å². The third-order valence-corrected chi connectivity index (χ3v) is 6.98. The van der Waals surface area contributed by atoms with Gasteiger partial charge in [0.1, 0.15) is 12.9 Å². The van der Waals surface area contributed by atoms with Crippen molar-refractivity contribution in [2.45, 2.75) is 39.0 Å². The monoisotopic (exact) mass is 457 g/mol.